The second kappa shape index (κ2) is 19.2. The Kier molecular flexibility index (Phi) is 19.1. The van der Waals surface area contributed by atoms with E-state index in [1.807, 2.05) is 12.1 Å². The molecule has 0 saturated heterocycles. The zero-order valence-corrected chi connectivity index (χ0v) is 32.6. The number of hydrogen-bond donors (Lipinski definition) is 0. The molecule has 40 heavy (non-hydrogen) atoms. The van der Waals surface area contributed by atoms with E-state index in [1.54, 1.807) is 78.9 Å². The Labute approximate surface area is 324 Å². The third kappa shape index (κ3) is 11.2. The van der Waals surface area contributed by atoms with E-state index in [1.165, 1.54) is 30.4 Å². The van der Waals surface area contributed by atoms with Gasteiger partial charge in [0.25, 0.3) is 0 Å². The first-order valence-corrected chi connectivity index (χ1v) is 13.7. The second-order valence-electron chi connectivity index (χ2n) is 7.53. The van der Waals surface area contributed by atoms with Crippen molar-refractivity contribution < 1.29 is 25.2 Å². The van der Waals surface area contributed by atoms with Crippen molar-refractivity contribution >= 4 is 151 Å². The molecule has 0 fully saturated rings. The summed E-state index contributed by atoms with van der Waals surface area (Å²) in [6.45, 7) is 0. The van der Waals surface area contributed by atoms with Crippen molar-refractivity contribution in [3.05, 3.63) is 133 Å². The minimum absolute atomic E-state index is 0. The second-order valence-corrected chi connectivity index (χ2v) is 10.6. The maximum atomic E-state index is 13.4. The third-order valence-electron chi connectivity index (χ3n) is 5.07. The molecule has 0 N–H and O–H groups in total. The van der Waals surface area contributed by atoms with Crippen LogP contribution in [0.4, 0.5) is 0 Å². The van der Waals surface area contributed by atoms with E-state index in [-0.39, 0.29) is 124 Å². The van der Waals surface area contributed by atoms with Gasteiger partial charge in [0.1, 0.15) is 22.3 Å². The molecule has 0 heterocycles. The minimum atomic E-state index is -4.57. The molecule has 0 atom stereocenters. The van der Waals surface area contributed by atoms with Gasteiger partial charge in [-0.05, 0) is 34.9 Å². The molecule has 0 spiro atoms. The van der Waals surface area contributed by atoms with E-state index in [2.05, 4.69) is 0 Å². The van der Waals surface area contributed by atoms with Gasteiger partial charge in [-0.3, -0.25) is 0 Å². The van der Waals surface area contributed by atoms with Gasteiger partial charge in [0, 0.05) is 124 Å². The average molecular weight is 611 g/mol. The van der Waals surface area contributed by atoms with Gasteiger partial charge in [-0.15, -0.1) is 0 Å². The quantitative estimate of drug-likeness (QED) is 0.157. The normalized spacial score (nSPS) is 10.9. The van der Waals surface area contributed by atoms with E-state index < -0.39 is 30.0 Å². The van der Waals surface area contributed by atoms with Crippen molar-refractivity contribution in [2.24, 2.45) is 0 Å². The Bertz CT molecular complexity index is 1600. The summed E-state index contributed by atoms with van der Waals surface area (Å²) in [6.07, 6.45) is 4.95. The number of benzene rings is 4. The predicted octanol–water partition coefficient (Wildman–Crippen LogP) is 4.58. The molecule has 6 nitrogen and oxygen atoms in total. The summed E-state index contributed by atoms with van der Waals surface area (Å²) in [5, 5.41) is 0. The molecule has 0 aliphatic heterocycles. The topological polar surface area (TPSA) is 86.7 Å². The molecular formula is C28H22Na4O6S2. The maximum absolute atomic E-state index is 13.4. The van der Waals surface area contributed by atoms with Gasteiger partial charge in [-0.25, -0.2) is 0 Å². The van der Waals surface area contributed by atoms with Crippen molar-refractivity contribution in [1.82, 2.24) is 0 Å². The fourth-order valence-corrected chi connectivity index (χ4v) is 5.97. The summed E-state index contributed by atoms with van der Waals surface area (Å²) in [5.41, 5.74) is 2.10. The van der Waals surface area contributed by atoms with E-state index in [0.29, 0.717) is 16.7 Å². The minimum Gasteiger partial charge on any atom is -0.387 e. The van der Waals surface area contributed by atoms with Gasteiger partial charge in [0.05, 0.1) is 0 Å². The van der Waals surface area contributed by atoms with Gasteiger partial charge in [0.15, 0.2) is 0 Å². The van der Waals surface area contributed by atoms with Crippen LogP contribution in [0.3, 0.4) is 0 Å². The smallest absolute Gasteiger partial charge is 0.340 e. The molecule has 0 unspecified atom stereocenters. The molecule has 0 aliphatic carbocycles. The van der Waals surface area contributed by atoms with Crippen LogP contribution >= 0.6 is 0 Å². The predicted molar refractivity (Wildman–Crippen MR) is 162 cm³/mol. The van der Waals surface area contributed by atoms with Gasteiger partial charge < -0.3 is 8.37 Å². The van der Waals surface area contributed by atoms with Crippen LogP contribution in [0.5, 0.6) is 0 Å². The van der Waals surface area contributed by atoms with Crippen LogP contribution in [0.15, 0.2) is 132 Å². The van der Waals surface area contributed by atoms with Crippen molar-refractivity contribution in [2.75, 3.05) is 0 Å². The summed E-state index contributed by atoms with van der Waals surface area (Å²) >= 11 is 0. The zero-order valence-electron chi connectivity index (χ0n) is 23.0. The maximum Gasteiger partial charge on any atom is 0.340 e. The average Bonchev–Trinajstić information content (AvgIpc) is 2.90. The van der Waals surface area contributed by atoms with Gasteiger partial charge in [0.2, 0.25) is 0 Å². The molecule has 0 bridgehead atoms. The zero-order chi connectivity index (χ0) is 25.4. The molecule has 0 aromatic heterocycles. The van der Waals surface area contributed by atoms with Crippen LogP contribution in [-0.2, 0) is 28.6 Å². The van der Waals surface area contributed by atoms with Crippen molar-refractivity contribution in [1.29, 1.82) is 0 Å². The van der Waals surface area contributed by atoms with E-state index >= 15 is 0 Å². The fraction of sp³-hybridized carbons (Fsp3) is 0. The first-order chi connectivity index (χ1) is 17.4. The first kappa shape index (κ1) is 39.9. The van der Waals surface area contributed by atoms with Crippen molar-refractivity contribution in [2.45, 2.75) is 9.79 Å². The largest absolute Gasteiger partial charge is 0.387 e. The van der Waals surface area contributed by atoms with Gasteiger partial charge >= 0.3 is 20.2 Å². The third-order valence-corrected chi connectivity index (χ3v) is 7.74. The van der Waals surface area contributed by atoms with Crippen LogP contribution in [0.2, 0.25) is 0 Å². The molecule has 4 radical (unpaired) electrons. The molecule has 0 saturated carbocycles. The summed E-state index contributed by atoms with van der Waals surface area (Å²) in [4.78, 5) is -1.04. The molecule has 12 heteroatoms. The van der Waals surface area contributed by atoms with Gasteiger partial charge in [-0.2, -0.15) is 16.8 Å². The molecule has 4 aromatic carbocycles. The van der Waals surface area contributed by atoms with Crippen LogP contribution in [0.1, 0.15) is 11.1 Å². The molecule has 0 aliphatic rings. The number of hydrogen-bond acceptors (Lipinski definition) is 6. The first-order valence-electron chi connectivity index (χ1n) is 10.8. The van der Waals surface area contributed by atoms with E-state index in [4.69, 9.17) is 8.37 Å². The summed E-state index contributed by atoms with van der Waals surface area (Å²) < 4.78 is 63.3. The summed E-state index contributed by atoms with van der Waals surface area (Å²) in [5.74, 6) is 0. The van der Waals surface area contributed by atoms with Crippen LogP contribution in [0.25, 0.3) is 23.3 Å². The van der Waals surface area contributed by atoms with Crippen molar-refractivity contribution in [3.8, 4) is 11.1 Å². The molecule has 4 rings (SSSR count). The van der Waals surface area contributed by atoms with Crippen LogP contribution < -0.4 is 0 Å². The van der Waals surface area contributed by atoms with Gasteiger partial charge in [-0.1, -0.05) is 103 Å². The SMILES string of the molecule is O=S(=O)(OC=Cc1ccccc1)c1cccc(-c2ccccc2)c1S(=O)(=O)OC=Cc1ccccc1.[Na].[Na].[Na].[Na]. The Morgan fingerprint density at radius 2 is 0.900 bits per heavy atom. The summed E-state index contributed by atoms with van der Waals surface area (Å²) in [6, 6.07) is 30.6. The molecular weight excluding hydrogens is 588 g/mol. The monoisotopic (exact) mass is 610 g/mol. The van der Waals surface area contributed by atoms with E-state index in [9.17, 15) is 16.8 Å². The van der Waals surface area contributed by atoms with Crippen LogP contribution in [0, 0.1) is 0 Å². The molecule has 4 aromatic rings. The van der Waals surface area contributed by atoms with E-state index in [0.717, 1.165) is 12.5 Å². The Morgan fingerprint density at radius 3 is 1.38 bits per heavy atom. The standard InChI is InChI=1S/C28H22O6S2.4Na/c29-35(30,33-21-19-23-11-4-1-5-12-23)27-18-10-17-26(25-15-8-3-9-16-25)28(27)36(31,32)34-22-20-24-13-6-2-7-14-24;;;;/h1-22H;;;;. The molecule has 186 valence electrons. The number of rotatable bonds is 9. The van der Waals surface area contributed by atoms with Crippen LogP contribution in [-0.4, -0.2) is 135 Å². The fourth-order valence-electron chi connectivity index (χ4n) is 3.40. The summed E-state index contributed by atoms with van der Waals surface area (Å²) in [7, 11) is -9.09. The molecule has 0 amide bonds. The Hall–Kier alpha value is -0.140. The Balaban J connectivity index is 0.00000380. The Morgan fingerprint density at radius 1 is 0.475 bits per heavy atom. The van der Waals surface area contributed by atoms with Crippen molar-refractivity contribution in [3.63, 3.8) is 0 Å².